The first-order valence-electron chi connectivity index (χ1n) is 11.6. The molecule has 2 aromatic rings. The summed E-state index contributed by atoms with van der Waals surface area (Å²) in [6, 6.07) is 9.16. The lowest BCUT2D eigenvalue weighted by molar-refractivity contribution is -0.114. The minimum atomic E-state index is -0.310. The fourth-order valence-corrected chi connectivity index (χ4v) is 4.49. The molecule has 0 radical (unpaired) electrons. The molecule has 2 aliphatic heterocycles. The number of phenols is 1. The Morgan fingerprint density at radius 3 is 2.50 bits per heavy atom. The molecule has 0 bridgehead atoms. The summed E-state index contributed by atoms with van der Waals surface area (Å²) in [5.41, 5.74) is 6.94. The molecule has 8 nitrogen and oxygen atoms in total. The van der Waals surface area contributed by atoms with E-state index in [1.165, 1.54) is 12.1 Å². The molecule has 0 saturated carbocycles. The predicted molar refractivity (Wildman–Crippen MR) is 132 cm³/mol. The van der Waals surface area contributed by atoms with Crippen molar-refractivity contribution >= 4 is 28.6 Å². The highest BCUT2D eigenvalue weighted by Gasteiger charge is 2.28. The van der Waals surface area contributed by atoms with E-state index in [9.17, 15) is 14.7 Å². The first-order valence-corrected chi connectivity index (χ1v) is 11.6. The minimum absolute atomic E-state index is 0.119. The number of rotatable bonds is 7. The van der Waals surface area contributed by atoms with Gasteiger partial charge in [-0.25, -0.2) is 0 Å². The highest BCUT2D eigenvalue weighted by Crippen LogP contribution is 2.34. The average Bonchev–Trinajstić information content (AvgIpc) is 3.26. The standard InChI is InChI=1S/C26H32N4O4/c1-16(2)10-24(31)17(3)21-12-22(25(32)13-23(21)28-27)26(33)30-14-18-4-5-20(11-19(18)15-30)29-6-8-34-9-7-29/h4-5,11-13,16,28,32H,3,6-10,14-15,27H2,1-2H3. The van der Waals surface area contributed by atoms with Crippen LogP contribution < -0.4 is 16.2 Å². The van der Waals surface area contributed by atoms with Crippen LogP contribution >= 0.6 is 0 Å². The van der Waals surface area contributed by atoms with Crippen molar-refractivity contribution < 1.29 is 19.4 Å². The number of nitrogens with one attached hydrogen (secondary N) is 1. The number of hydrazine groups is 1. The quantitative estimate of drug-likeness (QED) is 0.328. The molecule has 2 aliphatic rings. The van der Waals surface area contributed by atoms with Gasteiger partial charge in [0.1, 0.15) is 5.75 Å². The van der Waals surface area contributed by atoms with Crippen molar-refractivity contribution in [2.24, 2.45) is 11.8 Å². The van der Waals surface area contributed by atoms with Crippen molar-refractivity contribution in [1.82, 2.24) is 4.90 Å². The molecule has 4 N–H and O–H groups in total. The Labute approximate surface area is 200 Å². The van der Waals surface area contributed by atoms with Gasteiger partial charge in [0.2, 0.25) is 0 Å². The molecule has 0 unspecified atom stereocenters. The number of phenolic OH excluding ortho intramolecular Hbond substituents is 1. The average molecular weight is 465 g/mol. The number of anilines is 2. The molecule has 8 heteroatoms. The van der Waals surface area contributed by atoms with Crippen molar-refractivity contribution in [2.75, 3.05) is 36.6 Å². The van der Waals surface area contributed by atoms with Crippen molar-refractivity contribution in [3.63, 3.8) is 0 Å². The maximum absolute atomic E-state index is 13.4. The smallest absolute Gasteiger partial charge is 0.258 e. The Morgan fingerprint density at radius 1 is 1.12 bits per heavy atom. The fraction of sp³-hybridized carbons (Fsp3) is 0.385. The molecule has 4 rings (SSSR count). The number of ether oxygens (including phenoxy) is 1. The Kier molecular flexibility index (Phi) is 6.90. The van der Waals surface area contributed by atoms with E-state index in [1.54, 1.807) is 4.90 Å². The number of Topliss-reactive ketones (excluding diaryl/α,β-unsaturated/α-hetero) is 1. The number of amides is 1. The van der Waals surface area contributed by atoms with Gasteiger partial charge in [0, 0.05) is 55.5 Å². The number of allylic oxidation sites excluding steroid dienone is 1. The number of nitrogens with zero attached hydrogens (tertiary/aromatic N) is 2. The van der Waals surface area contributed by atoms with Crippen LogP contribution in [-0.4, -0.2) is 48.0 Å². The van der Waals surface area contributed by atoms with Gasteiger partial charge in [-0.2, -0.15) is 0 Å². The monoisotopic (exact) mass is 464 g/mol. The number of ketones is 1. The second-order valence-corrected chi connectivity index (χ2v) is 9.27. The highest BCUT2D eigenvalue weighted by atomic mass is 16.5. The highest BCUT2D eigenvalue weighted by molar-refractivity contribution is 6.22. The molecular weight excluding hydrogens is 432 g/mol. The lowest BCUT2D eigenvalue weighted by Gasteiger charge is -2.29. The summed E-state index contributed by atoms with van der Waals surface area (Å²) in [5, 5.41) is 10.6. The molecule has 0 aliphatic carbocycles. The molecule has 1 fully saturated rings. The van der Waals surface area contributed by atoms with Crippen LogP contribution in [-0.2, 0) is 22.6 Å². The number of hydrogen-bond donors (Lipinski definition) is 3. The summed E-state index contributed by atoms with van der Waals surface area (Å²) in [6.07, 6.45) is 0.333. The van der Waals surface area contributed by atoms with Crippen LogP contribution in [0.25, 0.3) is 5.57 Å². The van der Waals surface area contributed by atoms with Gasteiger partial charge >= 0.3 is 0 Å². The van der Waals surface area contributed by atoms with Crippen molar-refractivity contribution in [3.05, 3.63) is 59.2 Å². The lowest BCUT2D eigenvalue weighted by Crippen LogP contribution is -2.36. The summed E-state index contributed by atoms with van der Waals surface area (Å²) >= 11 is 0. The number of carbonyl (C=O) groups is 2. The number of hydrogen-bond acceptors (Lipinski definition) is 7. The van der Waals surface area contributed by atoms with Crippen LogP contribution in [0.5, 0.6) is 5.75 Å². The minimum Gasteiger partial charge on any atom is -0.507 e. The van der Waals surface area contributed by atoms with E-state index in [0.717, 1.165) is 29.9 Å². The number of carbonyl (C=O) groups excluding carboxylic acids is 2. The fourth-order valence-electron chi connectivity index (χ4n) is 4.49. The molecule has 34 heavy (non-hydrogen) atoms. The molecule has 1 amide bonds. The van der Waals surface area contributed by atoms with Crippen LogP contribution in [0.3, 0.4) is 0 Å². The largest absolute Gasteiger partial charge is 0.507 e. The summed E-state index contributed by atoms with van der Waals surface area (Å²) in [7, 11) is 0. The number of morpholine rings is 1. The number of nitrogens with two attached hydrogens (primary N) is 1. The molecule has 0 aromatic heterocycles. The normalized spacial score (nSPS) is 15.4. The molecule has 2 aromatic carbocycles. The Balaban J connectivity index is 1.57. The van der Waals surface area contributed by atoms with E-state index >= 15 is 0 Å². The second kappa shape index (κ2) is 9.87. The van der Waals surface area contributed by atoms with Crippen LogP contribution in [0.2, 0.25) is 0 Å². The van der Waals surface area contributed by atoms with Gasteiger partial charge in [-0.05, 0) is 35.2 Å². The van der Waals surface area contributed by atoms with E-state index in [0.29, 0.717) is 44.0 Å². The third kappa shape index (κ3) is 4.78. The maximum Gasteiger partial charge on any atom is 0.258 e. The lowest BCUT2D eigenvalue weighted by atomic mass is 9.94. The Morgan fingerprint density at radius 2 is 1.82 bits per heavy atom. The first kappa shape index (κ1) is 23.8. The van der Waals surface area contributed by atoms with Gasteiger partial charge < -0.3 is 25.1 Å². The van der Waals surface area contributed by atoms with E-state index in [-0.39, 0.29) is 34.5 Å². The summed E-state index contributed by atoms with van der Waals surface area (Å²) in [4.78, 5) is 30.0. The second-order valence-electron chi connectivity index (χ2n) is 9.27. The zero-order chi connectivity index (χ0) is 24.4. The maximum atomic E-state index is 13.4. The van der Waals surface area contributed by atoms with Gasteiger partial charge in [-0.1, -0.05) is 26.5 Å². The first-order chi connectivity index (χ1) is 16.3. The summed E-state index contributed by atoms with van der Waals surface area (Å²) in [5.74, 6) is 5.16. The number of aromatic hydroxyl groups is 1. The van der Waals surface area contributed by atoms with Gasteiger partial charge in [0.05, 0.1) is 24.5 Å². The summed E-state index contributed by atoms with van der Waals surface area (Å²) in [6.45, 7) is 11.9. The van der Waals surface area contributed by atoms with Gasteiger partial charge in [0.15, 0.2) is 5.78 Å². The van der Waals surface area contributed by atoms with E-state index in [1.807, 2.05) is 13.8 Å². The molecule has 1 saturated heterocycles. The van der Waals surface area contributed by atoms with Crippen LogP contribution in [0.1, 0.15) is 47.3 Å². The topological polar surface area (TPSA) is 108 Å². The van der Waals surface area contributed by atoms with Gasteiger partial charge in [0.25, 0.3) is 5.91 Å². The zero-order valence-electron chi connectivity index (χ0n) is 19.8. The number of fused-ring (bicyclic) bond motifs is 1. The third-order valence-electron chi connectivity index (χ3n) is 6.35. The molecule has 0 spiro atoms. The van der Waals surface area contributed by atoms with Crippen molar-refractivity contribution in [1.29, 1.82) is 0 Å². The predicted octanol–water partition coefficient (Wildman–Crippen LogP) is 3.30. The number of benzene rings is 2. The van der Waals surface area contributed by atoms with Crippen molar-refractivity contribution in [2.45, 2.75) is 33.4 Å². The van der Waals surface area contributed by atoms with E-state index in [2.05, 4.69) is 35.1 Å². The summed E-state index contributed by atoms with van der Waals surface area (Å²) < 4.78 is 5.44. The molecular formula is C26H32N4O4. The molecule has 0 atom stereocenters. The van der Waals surface area contributed by atoms with Crippen molar-refractivity contribution in [3.8, 4) is 5.75 Å². The van der Waals surface area contributed by atoms with Crippen LogP contribution in [0.4, 0.5) is 11.4 Å². The van der Waals surface area contributed by atoms with E-state index < -0.39 is 0 Å². The van der Waals surface area contributed by atoms with Crippen LogP contribution in [0.15, 0.2) is 36.9 Å². The zero-order valence-corrected chi connectivity index (χ0v) is 19.8. The third-order valence-corrected chi connectivity index (χ3v) is 6.35. The molecule has 2 heterocycles. The van der Waals surface area contributed by atoms with Crippen LogP contribution in [0, 0.1) is 5.92 Å². The van der Waals surface area contributed by atoms with Gasteiger partial charge in [-0.15, -0.1) is 0 Å². The Bertz CT molecular complexity index is 1120. The van der Waals surface area contributed by atoms with E-state index in [4.69, 9.17) is 10.6 Å². The number of nitrogen functional groups attached to an aromatic ring is 1. The molecule has 180 valence electrons. The SMILES string of the molecule is C=C(C(=O)CC(C)C)c1cc(C(=O)N2Cc3ccc(N4CCOCC4)cc3C2)c(O)cc1NN. The van der Waals surface area contributed by atoms with Gasteiger partial charge in [-0.3, -0.25) is 15.4 Å². The Hall–Kier alpha value is -3.36.